The zero-order valence-corrected chi connectivity index (χ0v) is 10.8. The second-order valence-electron chi connectivity index (χ2n) is 5.43. The van der Waals surface area contributed by atoms with E-state index in [2.05, 4.69) is 17.1 Å². The van der Waals surface area contributed by atoms with Crippen molar-refractivity contribution in [2.75, 3.05) is 0 Å². The number of benzene rings is 1. The predicted molar refractivity (Wildman–Crippen MR) is 77.7 cm³/mol. The minimum atomic E-state index is -0.302. The molecule has 20 heavy (non-hydrogen) atoms. The molecule has 4 heteroatoms. The first-order chi connectivity index (χ1) is 9.77. The van der Waals surface area contributed by atoms with E-state index in [0.717, 1.165) is 6.42 Å². The number of hydrogen-bond donors (Lipinski definition) is 1. The highest BCUT2D eigenvalue weighted by atomic mass is 16.2. The zero-order chi connectivity index (χ0) is 13.7. The van der Waals surface area contributed by atoms with Gasteiger partial charge in [-0.15, -0.1) is 0 Å². The third-order valence-electron chi connectivity index (χ3n) is 4.31. The Morgan fingerprint density at radius 3 is 2.90 bits per heavy atom. The highest BCUT2D eigenvalue weighted by molar-refractivity contribution is 5.76. The topological polar surface area (TPSA) is 54.9 Å². The van der Waals surface area contributed by atoms with Crippen LogP contribution in [0.2, 0.25) is 0 Å². The van der Waals surface area contributed by atoms with Crippen LogP contribution >= 0.6 is 0 Å². The molecule has 0 bridgehead atoms. The smallest absolute Gasteiger partial charge is 0.307 e. The van der Waals surface area contributed by atoms with Crippen LogP contribution in [0.4, 0.5) is 0 Å². The SMILES string of the molecule is O=c1[nH]c2ccccc2c(=O)n1C1C2C=CC=CCC21. The summed E-state index contributed by atoms with van der Waals surface area (Å²) in [6, 6.07) is 7.15. The van der Waals surface area contributed by atoms with Crippen molar-refractivity contribution in [2.24, 2.45) is 11.8 Å². The molecule has 0 aliphatic heterocycles. The first-order valence-electron chi connectivity index (χ1n) is 6.84. The van der Waals surface area contributed by atoms with E-state index in [1.54, 1.807) is 12.1 Å². The molecule has 0 saturated heterocycles. The Kier molecular flexibility index (Phi) is 2.33. The van der Waals surface area contributed by atoms with Gasteiger partial charge in [-0.3, -0.25) is 9.36 Å². The monoisotopic (exact) mass is 266 g/mol. The molecule has 4 rings (SSSR count). The van der Waals surface area contributed by atoms with Gasteiger partial charge < -0.3 is 4.98 Å². The van der Waals surface area contributed by atoms with Gasteiger partial charge in [0.1, 0.15) is 0 Å². The predicted octanol–water partition coefficient (Wildman–Crippen LogP) is 1.99. The molecule has 2 aromatic rings. The van der Waals surface area contributed by atoms with Crippen LogP contribution < -0.4 is 11.2 Å². The van der Waals surface area contributed by atoms with Crippen molar-refractivity contribution in [1.29, 1.82) is 0 Å². The summed E-state index contributed by atoms with van der Waals surface area (Å²) < 4.78 is 1.40. The minimum Gasteiger partial charge on any atom is -0.307 e. The lowest BCUT2D eigenvalue weighted by Crippen LogP contribution is -2.35. The fraction of sp³-hybridized carbons (Fsp3) is 0.250. The molecule has 3 unspecified atom stereocenters. The highest BCUT2D eigenvalue weighted by Gasteiger charge is 2.50. The molecule has 1 N–H and O–H groups in total. The number of allylic oxidation sites excluding steroid dienone is 4. The third-order valence-corrected chi connectivity index (χ3v) is 4.31. The van der Waals surface area contributed by atoms with Gasteiger partial charge in [0, 0.05) is 5.92 Å². The fourth-order valence-corrected chi connectivity index (χ4v) is 3.25. The molecule has 1 fully saturated rings. The Morgan fingerprint density at radius 2 is 2.00 bits per heavy atom. The molecular formula is C16H14N2O2. The lowest BCUT2D eigenvalue weighted by molar-refractivity contribution is 0.604. The molecule has 1 aromatic heterocycles. The maximum absolute atomic E-state index is 12.6. The second kappa shape index (κ2) is 4.07. The van der Waals surface area contributed by atoms with Crippen LogP contribution in [0.15, 0.2) is 58.2 Å². The van der Waals surface area contributed by atoms with Gasteiger partial charge in [0.05, 0.1) is 16.9 Å². The van der Waals surface area contributed by atoms with Gasteiger partial charge in [0.15, 0.2) is 0 Å². The lowest BCUT2D eigenvalue weighted by atomic mass is 10.2. The van der Waals surface area contributed by atoms with Crippen molar-refractivity contribution in [3.05, 3.63) is 69.4 Å². The number of rotatable bonds is 1. The molecule has 2 aliphatic rings. The number of nitrogens with one attached hydrogen (secondary N) is 1. The molecule has 3 atom stereocenters. The van der Waals surface area contributed by atoms with Gasteiger partial charge >= 0.3 is 5.69 Å². The van der Waals surface area contributed by atoms with Crippen LogP contribution in [0.5, 0.6) is 0 Å². The van der Waals surface area contributed by atoms with Crippen molar-refractivity contribution in [2.45, 2.75) is 12.5 Å². The summed E-state index contributed by atoms with van der Waals surface area (Å²) >= 11 is 0. The zero-order valence-electron chi connectivity index (χ0n) is 10.8. The summed E-state index contributed by atoms with van der Waals surface area (Å²) in [5.41, 5.74) is 0.124. The molecule has 0 radical (unpaired) electrons. The molecule has 0 amide bonds. The summed E-state index contributed by atoms with van der Waals surface area (Å²) in [6.07, 6.45) is 9.14. The molecule has 2 aliphatic carbocycles. The van der Waals surface area contributed by atoms with Crippen LogP contribution in [0, 0.1) is 11.8 Å². The maximum atomic E-state index is 12.6. The number of fused-ring (bicyclic) bond motifs is 2. The molecule has 1 heterocycles. The molecule has 0 spiro atoms. The van der Waals surface area contributed by atoms with Gasteiger partial charge in [0.25, 0.3) is 5.56 Å². The van der Waals surface area contributed by atoms with Crippen molar-refractivity contribution in [3.8, 4) is 0 Å². The molecule has 1 aromatic carbocycles. The van der Waals surface area contributed by atoms with E-state index < -0.39 is 0 Å². The number of hydrogen-bond acceptors (Lipinski definition) is 2. The number of aromatic amines is 1. The van der Waals surface area contributed by atoms with E-state index in [0.29, 0.717) is 22.7 Å². The number of para-hydroxylation sites is 1. The van der Waals surface area contributed by atoms with Crippen LogP contribution in [-0.4, -0.2) is 9.55 Å². The Morgan fingerprint density at radius 1 is 1.15 bits per heavy atom. The molecule has 4 nitrogen and oxygen atoms in total. The second-order valence-corrected chi connectivity index (χ2v) is 5.43. The number of nitrogens with zero attached hydrogens (tertiary/aromatic N) is 1. The Labute approximate surface area is 115 Å². The average Bonchev–Trinajstić information content (AvgIpc) is 3.15. The Balaban J connectivity index is 1.90. The van der Waals surface area contributed by atoms with Gasteiger partial charge in [-0.1, -0.05) is 36.4 Å². The Bertz CT molecular complexity index is 857. The van der Waals surface area contributed by atoms with E-state index in [-0.39, 0.29) is 17.3 Å². The fourth-order valence-electron chi connectivity index (χ4n) is 3.25. The van der Waals surface area contributed by atoms with E-state index in [4.69, 9.17) is 0 Å². The standard InChI is InChI=1S/C16H14N2O2/c19-15-12-8-4-5-9-13(12)17-16(20)18(15)14-10-6-2-1-3-7-11(10)14/h1-6,8-11,14H,7H2,(H,17,20). The summed E-state index contributed by atoms with van der Waals surface area (Å²) in [4.78, 5) is 27.6. The van der Waals surface area contributed by atoms with Gasteiger partial charge in [-0.25, -0.2) is 4.79 Å². The van der Waals surface area contributed by atoms with E-state index in [1.165, 1.54) is 4.57 Å². The lowest BCUT2D eigenvalue weighted by Gasteiger charge is -2.06. The van der Waals surface area contributed by atoms with Crippen molar-refractivity contribution < 1.29 is 0 Å². The molecular weight excluding hydrogens is 252 g/mol. The van der Waals surface area contributed by atoms with Crippen LogP contribution in [0.25, 0.3) is 10.9 Å². The summed E-state index contributed by atoms with van der Waals surface area (Å²) in [7, 11) is 0. The van der Waals surface area contributed by atoms with Gasteiger partial charge in [-0.2, -0.15) is 0 Å². The summed E-state index contributed by atoms with van der Waals surface area (Å²) in [5, 5.41) is 0.577. The van der Waals surface area contributed by atoms with Gasteiger partial charge in [0.2, 0.25) is 0 Å². The van der Waals surface area contributed by atoms with Crippen LogP contribution in [-0.2, 0) is 0 Å². The average molecular weight is 266 g/mol. The normalized spacial score (nSPS) is 27.3. The number of aromatic nitrogens is 2. The Hall–Kier alpha value is -2.36. The number of H-pyrrole nitrogens is 1. The maximum Gasteiger partial charge on any atom is 0.329 e. The minimum absolute atomic E-state index is 0.00273. The molecule has 100 valence electrons. The quantitative estimate of drug-likeness (QED) is 0.858. The van der Waals surface area contributed by atoms with Crippen molar-refractivity contribution in [3.63, 3.8) is 0 Å². The summed E-state index contributed by atoms with van der Waals surface area (Å²) in [6.45, 7) is 0. The van der Waals surface area contributed by atoms with E-state index in [9.17, 15) is 9.59 Å². The van der Waals surface area contributed by atoms with Crippen LogP contribution in [0.1, 0.15) is 12.5 Å². The van der Waals surface area contributed by atoms with Crippen molar-refractivity contribution in [1.82, 2.24) is 9.55 Å². The van der Waals surface area contributed by atoms with Crippen molar-refractivity contribution >= 4 is 10.9 Å². The first kappa shape index (κ1) is 11.5. The molecule has 1 saturated carbocycles. The van der Waals surface area contributed by atoms with Gasteiger partial charge in [-0.05, 0) is 24.5 Å². The largest absolute Gasteiger partial charge is 0.329 e. The highest BCUT2D eigenvalue weighted by Crippen LogP contribution is 2.53. The third kappa shape index (κ3) is 1.54. The van der Waals surface area contributed by atoms with E-state index in [1.807, 2.05) is 24.3 Å². The van der Waals surface area contributed by atoms with E-state index >= 15 is 0 Å². The van der Waals surface area contributed by atoms with Crippen LogP contribution in [0.3, 0.4) is 0 Å². The first-order valence-corrected chi connectivity index (χ1v) is 6.84. The summed E-state index contributed by atoms with van der Waals surface area (Å²) in [5.74, 6) is 0.662.